The molecule has 2 bridgehead atoms. The molecule has 9 rings (SSSR count). The van der Waals surface area contributed by atoms with Crippen molar-refractivity contribution in [3.05, 3.63) is 89.7 Å². The topological polar surface area (TPSA) is 123 Å². The van der Waals surface area contributed by atoms with Gasteiger partial charge in [-0.1, -0.05) is 51.1 Å². The lowest BCUT2D eigenvalue weighted by Gasteiger charge is -2.34. The van der Waals surface area contributed by atoms with Crippen molar-refractivity contribution in [1.82, 2.24) is 34.6 Å². The summed E-state index contributed by atoms with van der Waals surface area (Å²) >= 11 is 0. The van der Waals surface area contributed by atoms with Crippen LogP contribution >= 0.6 is 0 Å². The summed E-state index contributed by atoms with van der Waals surface area (Å²) in [6, 6.07) is 23.3. The predicted octanol–water partition coefficient (Wildman–Crippen LogP) is 7.65. The molecule has 5 atom stereocenters. The fraction of sp³-hybridized carbons (Fsp3) is 0.511. The number of aromatic nitrogens is 5. The maximum atomic E-state index is 13.8. The number of rotatable bonds is 11. The second kappa shape index (κ2) is 16.2. The number of carbonyl (C=O) groups is 1. The molecule has 3 saturated heterocycles. The largest absolute Gasteiger partial charge is 0.492 e. The summed E-state index contributed by atoms with van der Waals surface area (Å²) in [6.45, 7) is 13.3. The van der Waals surface area contributed by atoms with Crippen molar-refractivity contribution in [2.24, 2.45) is 0 Å². The lowest BCUT2D eigenvalue weighted by Crippen LogP contribution is -2.47. The monoisotopic (exact) mass is 787 g/mol. The molecule has 4 aliphatic rings. The van der Waals surface area contributed by atoms with Gasteiger partial charge in [-0.15, -0.1) is 10.2 Å². The number of ether oxygens (including phenoxy) is 3. The van der Waals surface area contributed by atoms with Crippen LogP contribution < -0.4 is 25.0 Å². The van der Waals surface area contributed by atoms with E-state index < -0.39 is 0 Å². The summed E-state index contributed by atoms with van der Waals surface area (Å²) in [6.07, 6.45) is 9.65. The smallest absolute Gasteiger partial charge is 0.320 e. The average molecular weight is 788 g/mol. The third kappa shape index (κ3) is 7.98. The quantitative estimate of drug-likeness (QED) is 0.139. The molecule has 0 spiro atoms. The van der Waals surface area contributed by atoms with Crippen LogP contribution in [-0.4, -0.2) is 93.0 Å². The lowest BCUT2D eigenvalue weighted by molar-refractivity contribution is -0.0190. The van der Waals surface area contributed by atoms with Gasteiger partial charge in [0.15, 0.2) is 5.65 Å². The number of hydrogen-bond acceptors (Lipinski definition) is 9. The van der Waals surface area contributed by atoms with Gasteiger partial charge in [-0.25, -0.2) is 9.48 Å². The van der Waals surface area contributed by atoms with E-state index in [0.717, 1.165) is 92.0 Å². The number of anilines is 2. The van der Waals surface area contributed by atoms with Crippen molar-refractivity contribution in [2.45, 2.75) is 108 Å². The maximum Gasteiger partial charge on any atom is 0.320 e. The second-order valence-corrected chi connectivity index (χ2v) is 17.6. The van der Waals surface area contributed by atoms with E-state index in [0.29, 0.717) is 37.2 Å². The fourth-order valence-corrected chi connectivity index (χ4v) is 9.33. The number of fused-ring (bicyclic) bond motifs is 4. The molecule has 306 valence electrons. The van der Waals surface area contributed by atoms with Gasteiger partial charge < -0.3 is 24.4 Å². The molecule has 3 unspecified atom stereocenters. The number of benzene rings is 2. The molecule has 13 heteroatoms. The molecule has 6 heterocycles. The van der Waals surface area contributed by atoms with Crippen molar-refractivity contribution in [3.8, 4) is 17.2 Å². The van der Waals surface area contributed by atoms with Crippen LogP contribution in [0.1, 0.15) is 101 Å². The van der Waals surface area contributed by atoms with E-state index in [9.17, 15) is 4.79 Å². The summed E-state index contributed by atoms with van der Waals surface area (Å²) in [5.41, 5.74) is 4.61. The van der Waals surface area contributed by atoms with Gasteiger partial charge in [-0.2, -0.15) is 5.10 Å². The Morgan fingerprint density at radius 3 is 2.52 bits per heavy atom. The summed E-state index contributed by atoms with van der Waals surface area (Å²) in [5.74, 6) is 3.23. The highest BCUT2D eigenvalue weighted by molar-refractivity contribution is 5.89. The first-order chi connectivity index (χ1) is 28.2. The zero-order chi connectivity index (χ0) is 39.8. The third-order valence-corrected chi connectivity index (χ3v) is 12.6. The Hall–Kier alpha value is -5.14. The molecule has 1 aliphatic carbocycles. The number of nitrogens with one attached hydrogen (secondary N) is 2. The van der Waals surface area contributed by atoms with Crippen LogP contribution in [-0.2, 0) is 10.2 Å². The molecule has 3 aromatic heterocycles. The van der Waals surface area contributed by atoms with Crippen molar-refractivity contribution >= 4 is 23.4 Å². The standard InChI is InChI=1S/C45H57N9O4/c1-30-10-7-8-21-51(30)44-49-48-41-20-18-36(26-53(41)44)58-27-31-15-19-39(38-14-6-5-13-37(31)38)46-43(55)47-42-25-40(45(2,3)4)50-54(42)32-11-9-12-35(24-32)57-23-22-52-33-16-17-34(52)29-56-28-33/h5-6,9,11-14,18,20,24-26,30-31,33-34,39H,7-8,10,15-17,19,21-23,27-29H2,1-4H3,(H2,46,47,55)/t30-,31?,33?,34?,39-/m0/s1. The molecule has 2 amide bonds. The highest BCUT2D eigenvalue weighted by atomic mass is 16.5. The normalized spacial score (nSPS) is 23.4. The zero-order valence-electron chi connectivity index (χ0n) is 34.3. The molecular formula is C45H57N9O4. The Morgan fingerprint density at radius 1 is 0.879 bits per heavy atom. The number of amides is 2. The van der Waals surface area contributed by atoms with E-state index in [1.807, 2.05) is 59.4 Å². The van der Waals surface area contributed by atoms with Crippen LogP contribution in [0.2, 0.25) is 0 Å². The van der Waals surface area contributed by atoms with Crippen LogP contribution in [0, 0.1) is 0 Å². The zero-order valence-corrected chi connectivity index (χ0v) is 34.3. The number of morpholine rings is 1. The van der Waals surface area contributed by atoms with Crippen molar-refractivity contribution < 1.29 is 19.0 Å². The number of carbonyl (C=O) groups excluding carboxylic acids is 1. The fourth-order valence-electron chi connectivity index (χ4n) is 9.33. The van der Waals surface area contributed by atoms with Gasteiger partial charge in [0.25, 0.3) is 0 Å². The Morgan fingerprint density at radius 2 is 1.71 bits per heavy atom. The van der Waals surface area contributed by atoms with E-state index in [4.69, 9.17) is 19.3 Å². The molecule has 2 N–H and O–H groups in total. The van der Waals surface area contributed by atoms with Gasteiger partial charge in [0, 0.05) is 54.7 Å². The Kier molecular flexibility index (Phi) is 10.8. The van der Waals surface area contributed by atoms with Gasteiger partial charge in [-0.3, -0.25) is 14.6 Å². The molecule has 58 heavy (non-hydrogen) atoms. The minimum atomic E-state index is -0.273. The van der Waals surface area contributed by atoms with Gasteiger partial charge in [0.1, 0.15) is 23.9 Å². The van der Waals surface area contributed by atoms with Gasteiger partial charge in [-0.05, 0) is 87.3 Å². The lowest BCUT2D eigenvalue weighted by atomic mass is 9.80. The van der Waals surface area contributed by atoms with E-state index in [1.54, 1.807) is 0 Å². The number of pyridine rings is 1. The molecule has 13 nitrogen and oxygen atoms in total. The third-order valence-electron chi connectivity index (χ3n) is 12.6. The molecule has 0 radical (unpaired) electrons. The van der Waals surface area contributed by atoms with Gasteiger partial charge in [0.05, 0.1) is 43.4 Å². The van der Waals surface area contributed by atoms with E-state index >= 15 is 0 Å². The van der Waals surface area contributed by atoms with E-state index in [1.165, 1.54) is 24.8 Å². The number of hydrogen-bond donors (Lipinski definition) is 2. The Labute approximate surface area is 341 Å². The van der Waals surface area contributed by atoms with Crippen LogP contribution in [0.4, 0.5) is 16.6 Å². The van der Waals surface area contributed by atoms with Crippen molar-refractivity contribution in [2.75, 3.05) is 49.7 Å². The predicted molar refractivity (Wildman–Crippen MR) is 225 cm³/mol. The number of piperidine rings is 1. The highest BCUT2D eigenvalue weighted by Crippen LogP contribution is 2.38. The summed E-state index contributed by atoms with van der Waals surface area (Å²) in [4.78, 5) is 18.7. The Bertz CT molecular complexity index is 2210. The number of urea groups is 1. The van der Waals surface area contributed by atoms with E-state index in [2.05, 4.69) is 80.9 Å². The van der Waals surface area contributed by atoms with Gasteiger partial charge in [0.2, 0.25) is 5.95 Å². The average Bonchev–Trinajstić information content (AvgIpc) is 3.90. The second-order valence-electron chi connectivity index (χ2n) is 17.6. The molecule has 2 aromatic carbocycles. The van der Waals surface area contributed by atoms with Crippen LogP contribution in [0.15, 0.2) is 72.9 Å². The summed E-state index contributed by atoms with van der Waals surface area (Å²) in [5, 5.41) is 20.4. The molecule has 3 aliphatic heterocycles. The van der Waals surface area contributed by atoms with Crippen molar-refractivity contribution in [1.29, 1.82) is 0 Å². The molecule has 0 saturated carbocycles. The van der Waals surface area contributed by atoms with Crippen LogP contribution in [0.3, 0.4) is 0 Å². The molecule has 3 fully saturated rings. The summed E-state index contributed by atoms with van der Waals surface area (Å²) in [7, 11) is 0. The van der Waals surface area contributed by atoms with Crippen molar-refractivity contribution in [3.63, 3.8) is 0 Å². The highest BCUT2D eigenvalue weighted by Gasteiger charge is 2.37. The molecule has 5 aromatic rings. The van der Waals surface area contributed by atoms with Crippen LogP contribution in [0.25, 0.3) is 11.3 Å². The summed E-state index contributed by atoms with van der Waals surface area (Å²) < 4.78 is 22.4. The number of nitrogens with zero attached hydrogens (tertiary/aromatic N) is 7. The van der Waals surface area contributed by atoms with E-state index in [-0.39, 0.29) is 23.4 Å². The molecular weight excluding hydrogens is 731 g/mol. The van der Waals surface area contributed by atoms with Crippen LogP contribution in [0.5, 0.6) is 11.5 Å². The SMILES string of the molecule is C[C@H]1CCCCN1c1nnc2ccc(OCC3CC[C@H](NC(=O)Nc4cc(C(C)(C)C)nn4-c4cccc(OCCN5C6CCC5COC6)c4)c4ccccc43)cn12. The van der Waals surface area contributed by atoms with Gasteiger partial charge >= 0.3 is 6.03 Å². The Balaban J connectivity index is 0.860. The first kappa shape index (κ1) is 38.4. The first-order valence-electron chi connectivity index (χ1n) is 21.3. The first-order valence-corrected chi connectivity index (χ1v) is 21.3. The maximum absolute atomic E-state index is 13.8. The minimum Gasteiger partial charge on any atom is -0.492 e. The minimum absolute atomic E-state index is 0.146.